The first-order valence-corrected chi connectivity index (χ1v) is 6.38. The molecule has 0 unspecified atom stereocenters. The maximum absolute atomic E-state index is 8.55. The Kier molecular flexibility index (Phi) is 49.9. The van der Waals surface area contributed by atoms with Crippen LogP contribution in [0.2, 0.25) is 0 Å². The summed E-state index contributed by atoms with van der Waals surface area (Å²) in [5.74, 6) is 0. The Balaban J connectivity index is -0.0000000206. The van der Waals surface area contributed by atoms with E-state index in [4.69, 9.17) is 56.0 Å². The van der Waals surface area contributed by atoms with Crippen molar-refractivity contribution in [3.8, 4) is 0 Å². The van der Waals surface area contributed by atoms with Crippen LogP contribution >= 0.6 is 15.6 Å². The predicted molar refractivity (Wildman–Crippen MR) is 48.7 cm³/mol. The molecule has 0 fully saturated rings. The molecule has 19 heavy (non-hydrogen) atoms. The molecule has 0 aliphatic rings. The van der Waals surface area contributed by atoms with Gasteiger partial charge in [-0.15, -0.1) is 0 Å². The first kappa shape index (κ1) is 44.1. The van der Waals surface area contributed by atoms with Crippen LogP contribution in [0.5, 0.6) is 0 Å². The van der Waals surface area contributed by atoms with Gasteiger partial charge in [-0.05, 0) is 0 Å². The van der Waals surface area contributed by atoms with Crippen molar-refractivity contribution >= 4 is 188 Å². The molecule has 0 aliphatic heterocycles. The summed E-state index contributed by atoms with van der Waals surface area (Å²) in [5.41, 5.74) is 0. The van der Waals surface area contributed by atoms with Gasteiger partial charge in [0.15, 0.2) is 0 Å². The summed E-state index contributed by atoms with van der Waals surface area (Å²) in [6.07, 6.45) is 0. The molecule has 0 saturated carbocycles. The van der Waals surface area contributed by atoms with Gasteiger partial charge in [-0.3, -0.25) is 8.42 Å². The molecule has 0 saturated heterocycles. The van der Waals surface area contributed by atoms with Crippen molar-refractivity contribution in [3.63, 3.8) is 0 Å². The minimum absolute atomic E-state index is 0. The molecule has 0 rings (SSSR count). The van der Waals surface area contributed by atoms with Crippen LogP contribution in [-0.2, 0) is 19.5 Å². The van der Waals surface area contributed by atoms with Crippen LogP contribution in [0.1, 0.15) is 0 Å². The summed E-state index contributed by atoms with van der Waals surface area (Å²) in [6, 6.07) is 0. The summed E-state index contributed by atoms with van der Waals surface area (Å²) in [4.78, 5) is 51.3. The van der Waals surface area contributed by atoms with E-state index in [1.165, 1.54) is 0 Å². The molecule has 0 N–H and O–H groups in total. The molecular weight excluding hydrogens is 544 g/mol. The summed E-state index contributed by atoms with van der Waals surface area (Å²) in [7, 11) is -15.9. The van der Waals surface area contributed by atoms with Gasteiger partial charge in [0.1, 0.15) is 0 Å². The van der Waals surface area contributed by atoms with Crippen molar-refractivity contribution in [2.75, 3.05) is 0 Å². The molecule has 0 atom stereocenters. The van der Waals surface area contributed by atoms with Crippen LogP contribution in [0.15, 0.2) is 0 Å². The molecule has 0 aromatic rings. The second-order valence-corrected chi connectivity index (χ2v) is 3.91. The molecule has 0 aromatic carbocycles. The third kappa shape index (κ3) is 364. The zero-order valence-electron chi connectivity index (χ0n) is 9.03. The smallest absolute Gasteiger partial charge is 0.822 e. The molecular formula is BaCa3O12P2S. The van der Waals surface area contributed by atoms with E-state index in [1.807, 2.05) is 0 Å². The van der Waals surface area contributed by atoms with E-state index < -0.39 is 26.0 Å². The standard InChI is InChI=1S/Ba.3Ca.2H3O4P.H2O4S/c;;;;3*1-5(2,3)4/h;;;;2*(H3,1,2,3,4);(H2,1,2,3,4)/q4*+2;;;/p-8. The molecule has 19 heteroatoms. The molecule has 0 amide bonds. The largest absolute Gasteiger partial charge is 2.00 e. The van der Waals surface area contributed by atoms with E-state index >= 15 is 0 Å². The van der Waals surface area contributed by atoms with Crippen LogP contribution in [0, 0.1) is 0 Å². The minimum atomic E-state index is -5.39. The van der Waals surface area contributed by atoms with E-state index in [1.54, 1.807) is 0 Å². The number of hydrogen-bond acceptors (Lipinski definition) is 12. The maximum atomic E-state index is 8.55. The van der Waals surface area contributed by atoms with Gasteiger partial charge in [0.25, 0.3) is 0 Å². The fourth-order valence-corrected chi connectivity index (χ4v) is 0. The van der Waals surface area contributed by atoms with Crippen LogP contribution in [0.3, 0.4) is 0 Å². The fourth-order valence-electron chi connectivity index (χ4n) is 0. The monoisotopic (exact) mass is 544 g/mol. The fraction of sp³-hybridized carbons (Fsp3) is 0. The van der Waals surface area contributed by atoms with Crippen LogP contribution < -0.4 is 29.4 Å². The van der Waals surface area contributed by atoms with Crippen LogP contribution in [0.4, 0.5) is 0 Å². The van der Waals surface area contributed by atoms with Crippen LogP contribution in [0.25, 0.3) is 0 Å². The van der Waals surface area contributed by atoms with Gasteiger partial charge >= 0.3 is 162 Å². The Bertz CT molecular complexity index is 295. The summed E-state index contributed by atoms with van der Waals surface area (Å²) in [5, 5.41) is 0. The van der Waals surface area contributed by atoms with E-state index in [-0.39, 0.29) is 162 Å². The Morgan fingerprint density at radius 2 is 0.632 bits per heavy atom. The van der Waals surface area contributed by atoms with Crippen LogP contribution in [-0.4, -0.2) is 180 Å². The zero-order chi connectivity index (χ0) is 13.5. The normalized spacial score (nSPS) is 9.26. The molecule has 12 nitrogen and oxygen atoms in total. The average Bonchev–Trinajstić information content (AvgIpc) is 1.41. The number of phosphoric acid groups is 2. The van der Waals surface area contributed by atoms with Crippen molar-refractivity contribution in [2.24, 2.45) is 0 Å². The molecule has 0 heterocycles. The van der Waals surface area contributed by atoms with Crippen molar-refractivity contribution < 1.29 is 56.0 Å². The third-order valence-corrected chi connectivity index (χ3v) is 0. The molecule has 0 spiro atoms. The Hall–Kier alpha value is 5.44. The van der Waals surface area contributed by atoms with Gasteiger partial charge in [-0.25, -0.2) is 0 Å². The van der Waals surface area contributed by atoms with Crippen molar-refractivity contribution in [3.05, 3.63) is 0 Å². The van der Waals surface area contributed by atoms with Crippen molar-refractivity contribution in [2.45, 2.75) is 0 Å². The third-order valence-electron chi connectivity index (χ3n) is 0. The molecule has 0 radical (unpaired) electrons. The summed E-state index contributed by atoms with van der Waals surface area (Å²) < 4.78 is 51.2. The molecule has 0 aliphatic carbocycles. The topological polar surface area (TPSA) is 253 Å². The van der Waals surface area contributed by atoms with Gasteiger partial charge in [0.05, 0.1) is 0 Å². The van der Waals surface area contributed by atoms with Crippen molar-refractivity contribution in [1.82, 2.24) is 0 Å². The average molecular weight is 544 g/mol. The molecule has 0 aromatic heterocycles. The quantitative estimate of drug-likeness (QED) is 0.119. The van der Waals surface area contributed by atoms with E-state index in [9.17, 15) is 0 Å². The van der Waals surface area contributed by atoms with Gasteiger partial charge in [-0.2, -0.15) is 15.6 Å². The maximum Gasteiger partial charge on any atom is 2.00 e. The van der Waals surface area contributed by atoms with E-state index in [0.717, 1.165) is 0 Å². The number of hydrogen-bond donors (Lipinski definition) is 0. The molecule has 96 valence electrons. The predicted octanol–water partition coefficient (Wildman–Crippen LogP) is -8.51. The SMILES string of the molecule is O=P([O-])([O-])[O-].O=P([O-])([O-])[O-].O=S(=O)([O-])[O-].[Ba+2].[Ca+2].[Ca+2].[Ca+2]. The van der Waals surface area contributed by atoms with Gasteiger partial charge in [-0.1, -0.05) is 0 Å². The second kappa shape index (κ2) is 21.5. The first-order chi connectivity index (χ1) is 6.00. The molecule has 0 bridgehead atoms. The summed E-state index contributed by atoms with van der Waals surface area (Å²) >= 11 is 0. The van der Waals surface area contributed by atoms with Crippen molar-refractivity contribution in [1.29, 1.82) is 0 Å². The number of rotatable bonds is 0. The first-order valence-electron chi connectivity index (χ1n) is 2.13. The Morgan fingerprint density at radius 3 is 0.632 bits per heavy atom. The Morgan fingerprint density at radius 1 is 0.632 bits per heavy atom. The summed E-state index contributed by atoms with van der Waals surface area (Å²) in [6.45, 7) is 0. The minimum Gasteiger partial charge on any atom is -0.822 e. The van der Waals surface area contributed by atoms with Gasteiger partial charge in [0, 0.05) is 10.4 Å². The van der Waals surface area contributed by atoms with E-state index in [2.05, 4.69) is 0 Å². The second-order valence-electron chi connectivity index (χ2n) is 1.30. The van der Waals surface area contributed by atoms with E-state index in [0.29, 0.717) is 0 Å². The zero-order valence-corrected chi connectivity index (χ0v) is 22.7. The van der Waals surface area contributed by atoms with Gasteiger partial charge in [0.2, 0.25) is 0 Å². The van der Waals surface area contributed by atoms with Gasteiger partial charge < -0.3 is 47.6 Å². The Labute approximate surface area is 238 Å².